The fraction of sp³-hybridized carbons (Fsp3) is 0. The van der Waals surface area contributed by atoms with Gasteiger partial charge in [0.15, 0.2) is 10.8 Å². The fourth-order valence-electron chi connectivity index (χ4n) is 1.73. The Morgan fingerprint density at radius 3 is 2.70 bits per heavy atom. The number of hydrogen-bond donors (Lipinski definition) is 1. The van der Waals surface area contributed by atoms with E-state index in [1.807, 2.05) is 11.4 Å². The van der Waals surface area contributed by atoms with Crippen LogP contribution in [0.4, 0.5) is 0 Å². The summed E-state index contributed by atoms with van der Waals surface area (Å²) < 4.78 is 0. The van der Waals surface area contributed by atoms with Gasteiger partial charge >= 0.3 is 5.97 Å². The SMILES string of the molecule is O=C(O)c1cccc(-c2csc(-c3ncccn3)n2)c1. The third kappa shape index (κ3) is 2.41. The van der Waals surface area contributed by atoms with Crippen LogP contribution in [0.5, 0.6) is 0 Å². The predicted octanol–water partition coefficient (Wildman–Crippen LogP) is 2.97. The molecule has 0 unspecified atom stereocenters. The van der Waals surface area contributed by atoms with E-state index in [4.69, 9.17) is 5.11 Å². The van der Waals surface area contributed by atoms with Crippen molar-refractivity contribution in [1.29, 1.82) is 0 Å². The molecule has 0 saturated carbocycles. The number of rotatable bonds is 3. The Morgan fingerprint density at radius 2 is 1.95 bits per heavy atom. The topological polar surface area (TPSA) is 76.0 Å². The maximum atomic E-state index is 11.0. The van der Waals surface area contributed by atoms with Crippen LogP contribution in [0.2, 0.25) is 0 Å². The van der Waals surface area contributed by atoms with E-state index in [1.165, 1.54) is 11.3 Å². The van der Waals surface area contributed by atoms with Crippen molar-refractivity contribution in [3.05, 3.63) is 53.7 Å². The molecule has 0 aliphatic carbocycles. The summed E-state index contributed by atoms with van der Waals surface area (Å²) >= 11 is 1.43. The number of carboxylic acid groups (broad SMARTS) is 1. The zero-order valence-corrected chi connectivity index (χ0v) is 11.0. The second-order valence-corrected chi connectivity index (χ2v) is 4.85. The van der Waals surface area contributed by atoms with Crippen LogP contribution in [-0.2, 0) is 0 Å². The monoisotopic (exact) mass is 283 g/mol. The van der Waals surface area contributed by atoms with E-state index in [1.54, 1.807) is 36.7 Å². The number of nitrogens with zero attached hydrogens (tertiary/aromatic N) is 3. The lowest BCUT2D eigenvalue weighted by Crippen LogP contribution is -1.95. The summed E-state index contributed by atoms with van der Waals surface area (Å²) in [7, 11) is 0. The van der Waals surface area contributed by atoms with Crippen LogP contribution < -0.4 is 0 Å². The second-order valence-electron chi connectivity index (χ2n) is 4.00. The summed E-state index contributed by atoms with van der Waals surface area (Å²) in [4.78, 5) is 23.7. The molecule has 0 bridgehead atoms. The highest BCUT2D eigenvalue weighted by Gasteiger charge is 2.10. The Morgan fingerprint density at radius 1 is 1.15 bits per heavy atom. The van der Waals surface area contributed by atoms with E-state index in [0.717, 1.165) is 11.3 Å². The van der Waals surface area contributed by atoms with Crippen molar-refractivity contribution in [2.24, 2.45) is 0 Å². The molecule has 3 rings (SSSR count). The van der Waals surface area contributed by atoms with Crippen molar-refractivity contribution in [2.75, 3.05) is 0 Å². The summed E-state index contributed by atoms with van der Waals surface area (Å²) in [6, 6.07) is 8.44. The van der Waals surface area contributed by atoms with Gasteiger partial charge in [-0.25, -0.2) is 19.7 Å². The number of hydrogen-bond acceptors (Lipinski definition) is 5. The molecule has 1 N–H and O–H groups in total. The standard InChI is InChI=1S/C14H9N3O2S/c18-14(19)10-4-1-3-9(7-10)11-8-20-13(17-11)12-15-5-2-6-16-12/h1-8H,(H,18,19). The molecule has 20 heavy (non-hydrogen) atoms. The minimum absolute atomic E-state index is 0.244. The molecule has 1 aromatic carbocycles. The normalized spacial score (nSPS) is 10.4. The molecule has 98 valence electrons. The minimum Gasteiger partial charge on any atom is -0.478 e. The Bertz CT molecular complexity index is 756. The lowest BCUT2D eigenvalue weighted by molar-refractivity contribution is 0.0697. The van der Waals surface area contributed by atoms with Gasteiger partial charge in [0.2, 0.25) is 0 Å². The quantitative estimate of drug-likeness (QED) is 0.799. The van der Waals surface area contributed by atoms with Gasteiger partial charge in [-0.15, -0.1) is 11.3 Å². The Hall–Kier alpha value is -2.60. The first-order valence-electron chi connectivity index (χ1n) is 5.81. The zero-order valence-electron chi connectivity index (χ0n) is 10.2. The average molecular weight is 283 g/mol. The van der Waals surface area contributed by atoms with Gasteiger partial charge < -0.3 is 5.11 Å². The largest absolute Gasteiger partial charge is 0.478 e. The van der Waals surface area contributed by atoms with E-state index >= 15 is 0 Å². The maximum absolute atomic E-state index is 11.0. The predicted molar refractivity (Wildman–Crippen MR) is 75.5 cm³/mol. The van der Waals surface area contributed by atoms with Crippen LogP contribution in [0, 0.1) is 0 Å². The molecular weight excluding hydrogens is 274 g/mol. The van der Waals surface area contributed by atoms with Gasteiger partial charge in [0, 0.05) is 23.3 Å². The van der Waals surface area contributed by atoms with Crippen molar-refractivity contribution in [1.82, 2.24) is 15.0 Å². The summed E-state index contributed by atoms with van der Waals surface area (Å²) in [5, 5.41) is 11.6. The molecule has 3 aromatic rings. The molecule has 5 nitrogen and oxygen atoms in total. The second kappa shape index (κ2) is 5.18. The van der Waals surface area contributed by atoms with Crippen LogP contribution in [0.15, 0.2) is 48.1 Å². The molecule has 0 amide bonds. The first kappa shape index (κ1) is 12.4. The van der Waals surface area contributed by atoms with Crippen molar-refractivity contribution in [3.63, 3.8) is 0 Å². The number of aromatic carboxylic acids is 1. The lowest BCUT2D eigenvalue weighted by atomic mass is 10.1. The van der Waals surface area contributed by atoms with Gasteiger partial charge in [-0.05, 0) is 18.2 Å². The van der Waals surface area contributed by atoms with Gasteiger partial charge in [0.25, 0.3) is 0 Å². The van der Waals surface area contributed by atoms with Gasteiger partial charge in [-0.3, -0.25) is 0 Å². The number of thiazole rings is 1. The van der Waals surface area contributed by atoms with Crippen molar-refractivity contribution in [3.8, 4) is 22.1 Å². The number of carboxylic acids is 1. The van der Waals surface area contributed by atoms with Crippen LogP contribution >= 0.6 is 11.3 Å². The zero-order chi connectivity index (χ0) is 13.9. The van der Waals surface area contributed by atoms with E-state index in [0.29, 0.717) is 10.8 Å². The fourth-order valence-corrected chi connectivity index (χ4v) is 2.50. The van der Waals surface area contributed by atoms with Crippen molar-refractivity contribution < 1.29 is 9.90 Å². The summed E-state index contributed by atoms with van der Waals surface area (Å²) in [5.41, 5.74) is 1.73. The van der Waals surface area contributed by atoms with E-state index in [-0.39, 0.29) is 5.56 Å². The minimum atomic E-state index is -0.950. The van der Waals surface area contributed by atoms with E-state index in [2.05, 4.69) is 15.0 Å². The molecule has 6 heteroatoms. The molecule has 0 saturated heterocycles. The third-order valence-electron chi connectivity index (χ3n) is 2.67. The molecule has 0 aliphatic rings. The van der Waals surface area contributed by atoms with Gasteiger partial charge in [-0.1, -0.05) is 12.1 Å². The number of benzene rings is 1. The van der Waals surface area contributed by atoms with E-state index < -0.39 is 5.97 Å². The first-order valence-corrected chi connectivity index (χ1v) is 6.68. The highest BCUT2D eigenvalue weighted by atomic mass is 32.1. The number of aromatic nitrogens is 3. The molecule has 0 atom stereocenters. The molecule has 2 aromatic heterocycles. The van der Waals surface area contributed by atoms with Crippen LogP contribution in [-0.4, -0.2) is 26.0 Å². The maximum Gasteiger partial charge on any atom is 0.335 e. The molecule has 0 radical (unpaired) electrons. The van der Waals surface area contributed by atoms with Gasteiger partial charge in [0.05, 0.1) is 11.3 Å². The highest BCUT2D eigenvalue weighted by Crippen LogP contribution is 2.27. The van der Waals surface area contributed by atoms with Gasteiger partial charge in [0.1, 0.15) is 0 Å². The van der Waals surface area contributed by atoms with Crippen molar-refractivity contribution in [2.45, 2.75) is 0 Å². The summed E-state index contributed by atoms with van der Waals surface area (Å²) in [6.07, 6.45) is 3.32. The summed E-state index contributed by atoms with van der Waals surface area (Å²) in [6.45, 7) is 0. The molecule has 2 heterocycles. The third-order valence-corrected chi connectivity index (χ3v) is 3.50. The van der Waals surface area contributed by atoms with Crippen molar-refractivity contribution >= 4 is 17.3 Å². The van der Waals surface area contributed by atoms with Crippen LogP contribution in [0.1, 0.15) is 10.4 Å². The Balaban J connectivity index is 1.98. The van der Waals surface area contributed by atoms with Gasteiger partial charge in [-0.2, -0.15) is 0 Å². The van der Waals surface area contributed by atoms with E-state index in [9.17, 15) is 4.79 Å². The highest BCUT2D eigenvalue weighted by molar-refractivity contribution is 7.13. The molecular formula is C14H9N3O2S. The lowest BCUT2D eigenvalue weighted by Gasteiger charge is -1.98. The molecule has 0 aliphatic heterocycles. The summed E-state index contributed by atoms with van der Waals surface area (Å²) in [5.74, 6) is -0.383. The first-order chi connectivity index (χ1) is 9.74. The Labute approximate surface area is 118 Å². The Kier molecular flexibility index (Phi) is 3.22. The van der Waals surface area contributed by atoms with Crippen LogP contribution in [0.25, 0.3) is 22.1 Å². The molecule has 0 spiro atoms. The molecule has 0 fully saturated rings. The smallest absolute Gasteiger partial charge is 0.335 e. The van der Waals surface area contributed by atoms with Crippen LogP contribution in [0.3, 0.4) is 0 Å². The average Bonchev–Trinajstić information content (AvgIpc) is 2.98. The number of carbonyl (C=O) groups is 1.